The molecule has 2 aromatic heterocycles. The molecule has 244 valence electrons. The normalized spacial score (nSPS) is 15.3. The van der Waals surface area contributed by atoms with Crippen molar-refractivity contribution in [1.82, 2.24) is 9.55 Å². The second-order valence-corrected chi connectivity index (χ2v) is 13.5. The molecule has 0 amide bonds. The Morgan fingerprint density at radius 3 is 1.65 bits per heavy atom. The van der Waals surface area contributed by atoms with Crippen LogP contribution in [0.25, 0.3) is 49.7 Å². The number of para-hydroxylation sites is 4. The molecule has 0 fully saturated rings. The third-order valence-electron chi connectivity index (χ3n) is 10.8. The first-order valence-electron chi connectivity index (χ1n) is 17.6. The van der Waals surface area contributed by atoms with Gasteiger partial charge >= 0.3 is 0 Å². The average Bonchev–Trinajstić information content (AvgIpc) is 3.54. The molecule has 2 aliphatic heterocycles. The lowest BCUT2D eigenvalue weighted by Gasteiger charge is -2.45. The van der Waals surface area contributed by atoms with Gasteiger partial charge in [0.1, 0.15) is 23.0 Å². The quantitative estimate of drug-likeness (QED) is 0.188. The molecule has 4 nitrogen and oxygen atoms in total. The van der Waals surface area contributed by atoms with Crippen molar-refractivity contribution in [3.05, 3.63) is 205 Å². The van der Waals surface area contributed by atoms with Crippen LogP contribution in [-0.4, -0.2) is 9.55 Å². The number of rotatable bonds is 3. The van der Waals surface area contributed by atoms with Gasteiger partial charge in [-0.05, 0) is 71.3 Å². The molecule has 1 atom stereocenters. The van der Waals surface area contributed by atoms with E-state index in [9.17, 15) is 0 Å². The molecule has 1 unspecified atom stereocenters. The summed E-state index contributed by atoms with van der Waals surface area (Å²) in [7, 11) is 0. The molecule has 52 heavy (non-hydrogen) atoms. The van der Waals surface area contributed by atoms with Gasteiger partial charge in [-0.25, -0.2) is 0 Å². The van der Waals surface area contributed by atoms with Gasteiger partial charge in [-0.2, -0.15) is 0 Å². The highest BCUT2D eigenvalue weighted by atomic mass is 16.5. The summed E-state index contributed by atoms with van der Waals surface area (Å²) in [6.07, 6.45) is 3.69. The Kier molecular flexibility index (Phi) is 6.13. The minimum absolute atomic E-state index is 0.663. The summed E-state index contributed by atoms with van der Waals surface area (Å²) in [5.74, 6) is 3.33. The minimum atomic E-state index is -0.663. The minimum Gasteiger partial charge on any atom is -0.457 e. The van der Waals surface area contributed by atoms with Crippen LogP contribution in [0.1, 0.15) is 22.3 Å². The summed E-state index contributed by atoms with van der Waals surface area (Å²) in [6, 6.07) is 60.2. The number of nitrogens with zero attached hydrogens (tertiary/aromatic N) is 2. The van der Waals surface area contributed by atoms with Crippen LogP contribution in [0.2, 0.25) is 0 Å². The molecule has 4 heterocycles. The fraction of sp³-hybridized carbons (Fsp3) is 0.0208. The molecule has 0 aliphatic carbocycles. The predicted molar refractivity (Wildman–Crippen MR) is 208 cm³/mol. The first-order valence-corrected chi connectivity index (χ1v) is 17.6. The SMILES string of the molecule is c1ccc(-n2c3ccccc3c3ccc(-c4ccc5c(c4)Oc4ccccc4C54c5ccccc5Oc5cc(-c6cccnc6)ccc54)cc32)cc1. The van der Waals surface area contributed by atoms with Crippen LogP contribution < -0.4 is 9.47 Å². The molecular formula is C48H30N2O2. The van der Waals surface area contributed by atoms with Gasteiger partial charge in [0.05, 0.1) is 16.4 Å². The van der Waals surface area contributed by atoms with Crippen LogP contribution in [-0.2, 0) is 5.41 Å². The van der Waals surface area contributed by atoms with Crippen molar-refractivity contribution in [3.63, 3.8) is 0 Å². The van der Waals surface area contributed by atoms with Crippen molar-refractivity contribution in [2.45, 2.75) is 5.41 Å². The van der Waals surface area contributed by atoms with Gasteiger partial charge in [0.25, 0.3) is 0 Å². The maximum Gasteiger partial charge on any atom is 0.132 e. The van der Waals surface area contributed by atoms with Gasteiger partial charge in [-0.15, -0.1) is 0 Å². The Hall–Kier alpha value is -6.91. The van der Waals surface area contributed by atoms with Crippen LogP contribution >= 0.6 is 0 Å². The molecule has 11 rings (SSSR count). The van der Waals surface area contributed by atoms with E-state index in [1.165, 1.54) is 21.8 Å². The smallest absolute Gasteiger partial charge is 0.132 e. The summed E-state index contributed by atoms with van der Waals surface area (Å²) in [5.41, 5.74) is 11.5. The number of benzene rings is 7. The van der Waals surface area contributed by atoms with Gasteiger partial charge in [0.2, 0.25) is 0 Å². The third-order valence-corrected chi connectivity index (χ3v) is 10.8. The molecule has 1 spiro atoms. The summed E-state index contributed by atoms with van der Waals surface area (Å²) < 4.78 is 16.0. The van der Waals surface area contributed by atoms with E-state index in [-0.39, 0.29) is 0 Å². The van der Waals surface area contributed by atoms with Gasteiger partial charge in [0.15, 0.2) is 0 Å². The highest BCUT2D eigenvalue weighted by molar-refractivity contribution is 6.10. The number of hydrogen-bond donors (Lipinski definition) is 0. The lowest BCUT2D eigenvalue weighted by molar-refractivity contribution is 0.399. The number of hydrogen-bond acceptors (Lipinski definition) is 3. The zero-order valence-corrected chi connectivity index (χ0v) is 28.0. The third kappa shape index (κ3) is 4.06. The number of pyridine rings is 1. The highest BCUT2D eigenvalue weighted by Gasteiger charge is 2.50. The second kappa shape index (κ2) is 11.0. The maximum absolute atomic E-state index is 6.86. The van der Waals surface area contributed by atoms with Gasteiger partial charge in [-0.1, -0.05) is 115 Å². The van der Waals surface area contributed by atoms with E-state index < -0.39 is 5.41 Å². The van der Waals surface area contributed by atoms with E-state index >= 15 is 0 Å². The summed E-state index contributed by atoms with van der Waals surface area (Å²) >= 11 is 0. The Morgan fingerprint density at radius 2 is 0.962 bits per heavy atom. The van der Waals surface area contributed by atoms with Crippen LogP contribution in [0.3, 0.4) is 0 Å². The largest absolute Gasteiger partial charge is 0.457 e. The average molecular weight is 667 g/mol. The topological polar surface area (TPSA) is 36.3 Å². The van der Waals surface area contributed by atoms with Crippen molar-refractivity contribution >= 4 is 21.8 Å². The zero-order chi connectivity index (χ0) is 34.2. The number of ether oxygens (including phenoxy) is 2. The van der Waals surface area contributed by atoms with Crippen LogP contribution in [0.5, 0.6) is 23.0 Å². The molecule has 0 radical (unpaired) electrons. The first kappa shape index (κ1) is 28.9. The first-order chi connectivity index (χ1) is 25.8. The Morgan fingerprint density at radius 1 is 0.404 bits per heavy atom. The van der Waals surface area contributed by atoms with E-state index in [0.29, 0.717) is 0 Å². The zero-order valence-electron chi connectivity index (χ0n) is 28.0. The van der Waals surface area contributed by atoms with Gasteiger partial charge in [-0.3, -0.25) is 4.98 Å². The number of fused-ring (bicyclic) bond motifs is 11. The van der Waals surface area contributed by atoms with Crippen LogP contribution in [0, 0.1) is 0 Å². The van der Waals surface area contributed by atoms with E-state index in [2.05, 4.69) is 167 Å². The van der Waals surface area contributed by atoms with Crippen molar-refractivity contribution < 1.29 is 9.47 Å². The lowest BCUT2D eigenvalue weighted by Crippen LogP contribution is -2.36. The van der Waals surface area contributed by atoms with E-state index in [1.807, 2.05) is 18.3 Å². The maximum atomic E-state index is 6.86. The van der Waals surface area contributed by atoms with Crippen molar-refractivity contribution in [2.24, 2.45) is 0 Å². The van der Waals surface area contributed by atoms with Crippen LogP contribution in [0.15, 0.2) is 182 Å². The molecule has 0 saturated heterocycles. The molecule has 0 N–H and O–H groups in total. The van der Waals surface area contributed by atoms with E-state index in [4.69, 9.17) is 9.47 Å². The molecule has 0 bridgehead atoms. The molecule has 7 aromatic carbocycles. The Labute approximate surface area is 300 Å². The monoisotopic (exact) mass is 666 g/mol. The van der Waals surface area contributed by atoms with E-state index in [0.717, 1.165) is 73.2 Å². The van der Waals surface area contributed by atoms with Crippen molar-refractivity contribution in [1.29, 1.82) is 0 Å². The van der Waals surface area contributed by atoms with Gasteiger partial charge in [0, 0.05) is 56.7 Å². The standard InChI is InChI=1S/C48H30N2O2/c1-2-12-35(13-3-1)50-42-17-7-4-14-36(42)37-23-20-31(27-43(37)50)32-21-24-40-46(28-32)51-44-18-8-5-15-38(44)48(40)39-16-6-9-19-45(39)52-47-29-33(22-25-41(47)48)34-11-10-26-49-30-34/h1-30H. The summed E-state index contributed by atoms with van der Waals surface area (Å²) in [4.78, 5) is 4.37. The molecule has 2 aliphatic rings. The summed E-state index contributed by atoms with van der Waals surface area (Å²) in [6.45, 7) is 0. The highest BCUT2D eigenvalue weighted by Crippen LogP contribution is 2.62. The Bertz CT molecular complexity index is 2850. The lowest BCUT2D eigenvalue weighted by atomic mass is 9.62. The van der Waals surface area contributed by atoms with Gasteiger partial charge < -0.3 is 14.0 Å². The molecule has 0 saturated carbocycles. The van der Waals surface area contributed by atoms with Crippen molar-refractivity contribution in [3.8, 4) is 50.9 Å². The fourth-order valence-corrected chi connectivity index (χ4v) is 8.57. The second-order valence-electron chi connectivity index (χ2n) is 13.5. The Balaban J connectivity index is 1.14. The van der Waals surface area contributed by atoms with Crippen molar-refractivity contribution in [2.75, 3.05) is 0 Å². The molecule has 4 heteroatoms. The van der Waals surface area contributed by atoms with Crippen LogP contribution in [0.4, 0.5) is 0 Å². The predicted octanol–water partition coefficient (Wildman–Crippen LogP) is 12.1. The molecular weight excluding hydrogens is 637 g/mol. The molecule has 9 aromatic rings. The fourth-order valence-electron chi connectivity index (χ4n) is 8.57. The van der Waals surface area contributed by atoms with E-state index in [1.54, 1.807) is 6.20 Å². The number of aromatic nitrogens is 2. The summed E-state index contributed by atoms with van der Waals surface area (Å²) in [5, 5.41) is 2.47.